The minimum absolute atomic E-state index is 0.295. The number of nitrogens with one attached hydrogen (secondary N) is 1. The molecule has 2 heterocycles. The summed E-state index contributed by atoms with van der Waals surface area (Å²) in [5, 5.41) is 2.96. The summed E-state index contributed by atoms with van der Waals surface area (Å²) in [6.45, 7) is 1.11. The van der Waals surface area contributed by atoms with Crippen molar-refractivity contribution < 1.29 is 4.74 Å². The lowest BCUT2D eigenvalue weighted by molar-refractivity contribution is 0.133. The van der Waals surface area contributed by atoms with Crippen LogP contribution in [0, 0.1) is 0 Å². The first-order chi connectivity index (χ1) is 5.81. The second-order valence-electron chi connectivity index (χ2n) is 2.60. The number of aromatic nitrogens is 2. The summed E-state index contributed by atoms with van der Waals surface area (Å²) in [5.74, 6) is 1.07. The second kappa shape index (κ2) is 2.60. The molecule has 5 heteroatoms. The van der Waals surface area contributed by atoms with Crippen LogP contribution >= 0.6 is 0 Å². The summed E-state index contributed by atoms with van der Waals surface area (Å²) in [4.78, 5) is 8.10. The van der Waals surface area contributed by atoms with E-state index in [1.165, 1.54) is 0 Å². The maximum atomic E-state index is 5.49. The molecule has 12 heavy (non-hydrogen) atoms. The lowest BCUT2D eigenvalue weighted by atomic mass is 10.2. The molecule has 3 N–H and O–H groups in total. The van der Waals surface area contributed by atoms with Gasteiger partial charge in [-0.2, -0.15) is 4.98 Å². The van der Waals surface area contributed by atoms with Gasteiger partial charge in [0.05, 0.1) is 18.9 Å². The van der Waals surface area contributed by atoms with Crippen LogP contribution in [0.25, 0.3) is 0 Å². The zero-order chi connectivity index (χ0) is 8.55. The third-order valence-corrected chi connectivity index (χ3v) is 1.83. The van der Waals surface area contributed by atoms with E-state index in [0.29, 0.717) is 19.2 Å². The van der Waals surface area contributed by atoms with Crippen molar-refractivity contribution in [2.45, 2.75) is 13.2 Å². The van der Waals surface area contributed by atoms with Crippen LogP contribution < -0.4 is 11.1 Å². The van der Waals surface area contributed by atoms with Crippen molar-refractivity contribution in [1.29, 1.82) is 0 Å². The van der Waals surface area contributed by atoms with E-state index < -0.39 is 0 Å². The lowest BCUT2D eigenvalue weighted by Gasteiger charge is -2.04. The molecule has 0 saturated carbocycles. The molecule has 0 spiro atoms. The molecule has 0 amide bonds. The highest BCUT2D eigenvalue weighted by atomic mass is 16.5. The fourth-order valence-electron chi connectivity index (χ4n) is 1.28. The van der Waals surface area contributed by atoms with Crippen LogP contribution in [0.4, 0.5) is 11.8 Å². The Labute approximate surface area is 70.0 Å². The molecule has 1 aliphatic heterocycles. The number of ether oxygens (including phenoxy) is 1. The van der Waals surface area contributed by atoms with Crippen LogP contribution in [0.5, 0.6) is 0 Å². The number of rotatable bonds is 1. The highest BCUT2D eigenvalue weighted by Crippen LogP contribution is 2.24. The van der Waals surface area contributed by atoms with E-state index in [9.17, 15) is 0 Å². The summed E-state index contributed by atoms with van der Waals surface area (Å²) in [6, 6.07) is 0. The highest BCUT2D eigenvalue weighted by molar-refractivity contribution is 5.49. The maximum Gasteiger partial charge on any atom is 0.222 e. The van der Waals surface area contributed by atoms with Crippen molar-refractivity contribution >= 4 is 11.8 Å². The predicted octanol–water partition coefficient (Wildman–Crippen LogP) is 0.131. The highest BCUT2D eigenvalue weighted by Gasteiger charge is 2.18. The van der Waals surface area contributed by atoms with Gasteiger partial charge in [0.25, 0.3) is 0 Å². The Hall–Kier alpha value is -1.36. The lowest BCUT2D eigenvalue weighted by Crippen LogP contribution is -2.04. The molecule has 0 fully saturated rings. The normalized spacial score (nSPS) is 14.4. The molecule has 0 unspecified atom stereocenters. The zero-order valence-electron chi connectivity index (χ0n) is 6.79. The predicted molar refractivity (Wildman–Crippen MR) is 44.5 cm³/mol. The number of nitrogens with zero attached hydrogens (tertiary/aromatic N) is 2. The van der Waals surface area contributed by atoms with Gasteiger partial charge in [-0.1, -0.05) is 0 Å². The fourth-order valence-corrected chi connectivity index (χ4v) is 1.28. The number of anilines is 2. The van der Waals surface area contributed by atoms with Gasteiger partial charge in [-0.15, -0.1) is 0 Å². The van der Waals surface area contributed by atoms with Crippen LogP contribution in [-0.2, 0) is 18.0 Å². The molecule has 0 radical (unpaired) electrons. The van der Waals surface area contributed by atoms with E-state index in [1.54, 1.807) is 7.05 Å². The van der Waals surface area contributed by atoms with Crippen molar-refractivity contribution in [1.82, 2.24) is 9.97 Å². The molecule has 64 valence electrons. The Morgan fingerprint density at radius 2 is 2.25 bits per heavy atom. The molecule has 1 aromatic rings. The minimum atomic E-state index is 0.295. The fraction of sp³-hybridized carbons (Fsp3) is 0.429. The molecule has 0 aliphatic carbocycles. The van der Waals surface area contributed by atoms with Crippen LogP contribution in [0.2, 0.25) is 0 Å². The van der Waals surface area contributed by atoms with Crippen molar-refractivity contribution in [3.8, 4) is 0 Å². The Morgan fingerprint density at radius 3 is 3.00 bits per heavy atom. The third kappa shape index (κ3) is 0.984. The molecule has 2 rings (SSSR count). The standard InChI is InChI=1S/C7H10N4O/c1-9-6-4-2-12-3-5(4)10-7(8)11-6/h2-3H2,1H3,(H3,8,9,10,11). The quantitative estimate of drug-likeness (QED) is 0.620. The Kier molecular flexibility index (Phi) is 1.58. The van der Waals surface area contributed by atoms with Crippen LogP contribution in [0.3, 0.4) is 0 Å². The van der Waals surface area contributed by atoms with Gasteiger partial charge in [0, 0.05) is 12.6 Å². The van der Waals surface area contributed by atoms with Gasteiger partial charge >= 0.3 is 0 Å². The minimum Gasteiger partial charge on any atom is -0.373 e. The average Bonchev–Trinajstić information content (AvgIpc) is 2.50. The number of nitrogens with two attached hydrogens (primary N) is 1. The molecule has 0 aromatic carbocycles. The van der Waals surface area contributed by atoms with Gasteiger partial charge in [0.15, 0.2) is 0 Å². The number of hydrogen-bond donors (Lipinski definition) is 2. The molecule has 5 nitrogen and oxygen atoms in total. The Balaban J connectivity index is 2.55. The number of nitrogen functional groups attached to an aromatic ring is 1. The van der Waals surface area contributed by atoms with Gasteiger partial charge in [0.2, 0.25) is 5.95 Å². The molecule has 0 saturated heterocycles. The number of hydrogen-bond acceptors (Lipinski definition) is 5. The SMILES string of the molecule is CNc1nc(N)nc2c1COC2. The van der Waals surface area contributed by atoms with E-state index >= 15 is 0 Å². The van der Waals surface area contributed by atoms with Crippen molar-refractivity contribution in [3.05, 3.63) is 11.3 Å². The van der Waals surface area contributed by atoms with Crippen LogP contribution in [0.1, 0.15) is 11.3 Å². The first-order valence-corrected chi connectivity index (χ1v) is 3.72. The maximum absolute atomic E-state index is 5.49. The summed E-state index contributed by atoms with van der Waals surface area (Å²) < 4.78 is 5.21. The molecular formula is C7H10N4O. The van der Waals surface area contributed by atoms with Crippen molar-refractivity contribution in [3.63, 3.8) is 0 Å². The zero-order valence-corrected chi connectivity index (χ0v) is 6.79. The monoisotopic (exact) mass is 166 g/mol. The molecule has 0 atom stereocenters. The van der Waals surface area contributed by atoms with E-state index in [2.05, 4.69) is 15.3 Å². The van der Waals surface area contributed by atoms with Gasteiger partial charge in [0.1, 0.15) is 5.82 Å². The first-order valence-electron chi connectivity index (χ1n) is 3.72. The van der Waals surface area contributed by atoms with Crippen molar-refractivity contribution in [2.75, 3.05) is 18.1 Å². The number of fused-ring (bicyclic) bond motifs is 1. The molecular weight excluding hydrogens is 156 g/mol. The second-order valence-corrected chi connectivity index (χ2v) is 2.60. The van der Waals surface area contributed by atoms with Gasteiger partial charge in [-0.3, -0.25) is 0 Å². The molecule has 0 bridgehead atoms. The summed E-state index contributed by atoms with van der Waals surface area (Å²) >= 11 is 0. The Morgan fingerprint density at radius 1 is 1.42 bits per heavy atom. The van der Waals surface area contributed by atoms with Crippen LogP contribution in [-0.4, -0.2) is 17.0 Å². The average molecular weight is 166 g/mol. The largest absolute Gasteiger partial charge is 0.373 e. The van der Waals surface area contributed by atoms with Gasteiger partial charge < -0.3 is 15.8 Å². The van der Waals surface area contributed by atoms with E-state index in [1.807, 2.05) is 0 Å². The summed E-state index contributed by atoms with van der Waals surface area (Å²) in [5.41, 5.74) is 7.40. The van der Waals surface area contributed by atoms with Crippen molar-refractivity contribution in [2.24, 2.45) is 0 Å². The summed E-state index contributed by atoms with van der Waals surface area (Å²) in [7, 11) is 1.81. The third-order valence-electron chi connectivity index (χ3n) is 1.83. The Bertz CT molecular complexity index is 313. The smallest absolute Gasteiger partial charge is 0.222 e. The topological polar surface area (TPSA) is 73.1 Å². The van der Waals surface area contributed by atoms with Gasteiger partial charge in [-0.25, -0.2) is 4.98 Å². The molecule has 1 aliphatic rings. The van der Waals surface area contributed by atoms with Crippen LogP contribution in [0.15, 0.2) is 0 Å². The van der Waals surface area contributed by atoms with E-state index in [-0.39, 0.29) is 0 Å². The van der Waals surface area contributed by atoms with Gasteiger partial charge in [-0.05, 0) is 0 Å². The van der Waals surface area contributed by atoms with E-state index in [4.69, 9.17) is 10.5 Å². The van der Waals surface area contributed by atoms with E-state index in [0.717, 1.165) is 17.1 Å². The molecule has 1 aromatic heterocycles. The first kappa shape index (κ1) is 7.30. The summed E-state index contributed by atoms with van der Waals surface area (Å²) in [6.07, 6.45) is 0.